The number of hydrogen-bond donors (Lipinski definition) is 1. The van der Waals surface area contributed by atoms with Crippen LogP contribution in [0.3, 0.4) is 0 Å². The molecule has 0 aromatic rings. The van der Waals surface area contributed by atoms with Crippen LogP contribution in [0, 0.1) is 11.8 Å². The first-order valence-electron chi connectivity index (χ1n) is 6.08. The summed E-state index contributed by atoms with van der Waals surface area (Å²) >= 11 is 0. The van der Waals surface area contributed by atoms with Gasteiger partial charge in [-0.2, -0.15) is 0 Å². The molecule has 1 atom stereocenters. The summed E-state index contributed by atoms with van der Waals surface area (Å²) in [5.74, 6) is 2.19. The fourth-order valence-corrected chi connectivity index (χ4v) is 2.08. The van der Waals surface area contributed by atoms with Gasteiger partial charge in [-0.3, -0.25) is 0 Å². The van der Waals surface area contributed by atoms with E-state index in [1.807, 2.05) is 0 Å². The van der Waals surface area contributed by atoms with E-state index in [2.05, 4.69) is 12.2 Å². The van der Waals surface area contributed by atoms with E-state index in [1.165, 1.54) is 51.5 Å². The molecule has 13 heavy (non-hydrogen) atoms. The molecule has 0 heterocycles. The zero-order valence-electron chi connectivity index (χ0n) is 8.89. The van der Waals surface area contributed by atoms with Gasteiger partial charge in [0.15, 0.2) is 0 Å². The standard InChI is InChI=1S/C12H23N/c1-10(9-12-6-7-12)13-8-2-3-11-4-5-11/h10-13H,2-9H2,1H3. The molecule has 76 valence electrons. The Morgan fingerprint density at radius 3 is 2.46 bits per heavy atom. The highest BCUT2D eigenvalue weighted by Gasteiger charge is 2.23. The van der Waals surface area contributed by atoms with Crippen LogP contribution in [0.4, 0.5) is 0 Å². The quantitative estimate of drug-likeness (QED) is 0.595. The highest BCUT2D eigenvalue weighted by atomic mass is 14.9. The molecule has 2 saturated carbocycles. The monoisotopic (exact) mass is 181 g/mol. The molecular weight excluding hydrogens is 158 g/mol. The van der Waals surface area contributed by atoms with E-state index in [4.69, 9.17) is 0 Å². The number of hydrogen-bond acceptors (Lipinski definition) is 1. The average Bonchev–Trinajstić information content (AvgIpc) is 2.92. The second-order valence-corrected chi connectivity index (χ2v) is 5.12. The van der Waals surface area contributed by atoms with Crippen molar-refractivity contribution in [2.75, 3.05) is 6.54 Å². The van der Waals surface area contributed by atoms with E-state index in [9.17, 15) is 0 Å². The molecule has 1 nitrogen and oxygen atoms in total. The Morgan fingerprint density at radius 2 is 1.85 bits per heavy atom. The zero-order chi connectivity index (χ0) is 9.10. The lowest BCUT2D eigenvalue weighted by atomic mass is 10.1. The Balaban J connectivity index is 1.41. The molecule has 0 bridgehead atoms. The molecule has 0 aromatic carbocycles. The van der Waals surface area contributed by atoms with Gasteiger partial charge in [-0.15, -0.1) is 0 Å². The summed E-state index contributed by atoms with van der Waals surface area (Å²) in [6, 6.07) is 0.770. The van der Waals surface area contributed by atoms with Crippen molar-refractivity contribution >= 4 is 0 Å². The minimum absolute atomic E-state index is 0.770. The minimum Gasteiger partial charge on any atom is -0.314 e. The van der Waals surface area contributed by atoms with Gasteiger partial charge in [0, 0.05) is 6.04 Å². The van der Waals surface area contributed by atoms with Crippen molar-refractivity contribution in [3.63, 3.8) is 0 Å². The molecular formula is C12H23N. The SMILES string of the molecule is CC(CC1CC1)NCCCC1CC1. The molecule has 2 aliphatic carbocycles. The smallest absolute Gasteiger partial charge is 0.00413 e. The van der Waals surface area contributed by atoms with Crippen molar-refractivity contribution < 1.29 is 0 Å². The third kappa shape index (κ3) is 4.12. The summed E-state index contributed by atoms with van der Waals surface area (Å²) in [5, 5.41) is 3.64. The topological polar surface area (TPSA) is 12.0 Å². The molecule has 0 radical (unpaired) electrons. The van der Waals surface area contributed by atoms with Crippen molar-refractivity contribution in [1.29, 1.82) is 0 Å². The molecule has 2 fully saturated rings. The van der Waals surface area contributed by atoms with Gasteiger partial charge in [-0.05, 0) is 44.6 Å². The molecule has 0 spiro atoms. The van der Waals surface area contributed by atoms with E-state index >= 15 is 0 Å². The van der Waals surface area contributed by atoms with Gasteiger partial charge in [0.2, 0.25) is 0 Å². The Hall–Kier alpha value is -0.0400. The predicted octanol–water partition coefficient (Wildman–Crippen LogP) is 2.95. The summed E-state index contributed by atoms with van der Waals surface area (Å²) in [6.45, 7) is 3.60. The molecule has 0 aromatic heterocycles. The molecule has 1 N–H and O–H groups in total. The fourth-order valence-electron chi connectivity index (χ4n) is 2.08. The lowest BCUT2D eigenvalue weighted by Crippen LogP contribution is -2.27. The van der Waals surface area contributed by atoms with Crippen LogP contribution in [0.2, 0.25) is 0 Å². The van der Waals surface area contributed by atoms with E-state index < -0.39 is 0 Å². The van der Waals surface area contributed by atoms with E-state index in [1.54, 1.807) is 0 Å². The Bertz CT molecular complexity index is 147. The van der Waals surface area contributed by atoms with Crippen molar-refractivity contribution in [3.05, 3.63) is 0 Å². The van der Waals surface area contributed by atoms with E-state index in [0.717, 1.165) is 17.9 Å². The van der Waals surface area contributed by atoms with Gasteiger partial charge in [-0.25, -0.2) is 0 Å². The van der Waals surface area contributed by atoms with Crippen molar-refractivity contribution in [2.24, 2.45) is 11.8 Å². The van der Waals surface area contributed by atoms with Crippen LogP contribution in [0.25, 0.3) is 0 Å². The molecule has 1 unspecified atom stereocenters. The highest BCUT2D eigenvalue weighted by molar-refractivity contribution is 4.78. The lowest BCUT2D eigenvalue weighted by molar-refractivity contribution is 0.472. The Morgan fingerprint density at radius 1 is 1.15 bits per heavy atom. The first-order valence-corrected chi connectivity index (χ1v) is 6.08. The summed E-state index contributed by atoms with van der Waals surface area (Å²) in [4.78, 5) is 0. The maximum absolute atomic E-state index is 3.64. The summed E-state index contributed by atoms with van der Waals surface area (Å²) in [6.07, 6.45) is 10.3. The Kier molecular flexibility index (Phi) is 3.26. The second-order valence-electron chi connectivity index (χ2n) is 5.12. The first kappa shape index (κ1) is 9.51. The minimum atomic E-state index is 0.770. The first-order chi connectivity index (χ1) is 6.34. The van der Waals surface area contributed by atoms with E-state index in [-0.39, 0.29) is 0 Å². The molecule has 1 heteroatoms. The van der Waals surface area contributed by atoms with Gasteiger partial charge in [0.1, 0.15) is 0 Å². The molecule has 0 saturated heterocycles. The maximum atomic E-state index is 3.64. The van der Waals surface area contributed by atoms with Crippen molar-refractivity contribution in [3.8, 4) is 0 Å². The molecule has 0 amide bonds. The largest absolute Gasteiger partial charge is 0.314 e. The van der Waals surface area contributed by atoms with Crippen LogP contribution >= 0.6 is 0 Å². The summed E-state index contributed by atoms with van der Waals surface area (Å²) in [7, 11) is 0. The van der Waals surface area contributed by atoms with Crippen LogP contribution in [-0.2, 0) is 0 Å². The fraction of sp³-hybridized carbons (Fsp3) is 1.00. The van der Waals surface area contributed by atoms with Crippen LogP contribution in [0.5, 0.6) is 0 Å². The van der Waals surface area contributed by atoms with Gasteiger partial charge in [-0.1, -0.05) is 25.7 Å². The zero-order valence-corrected chi connectivity index (χ0v) is 8.89. The number of nitrogens with one attached hydrogen (secondary N) is 1. The molecule has 0 aliphatic heterocycles. The Labute approximate surface area is 82.3 Å². The maximum Gasteiger partial charge on any atom is 0.00413 e. The van der Waals surface area contributed by atoms with Gasteiger partial charge < -0.3 is 5.32 Å². The number of rotatable bonds is 7. The third-order valence-electron chi connectivity index (χ3n) is 3.36. The van der Waals surface area contributed by atoms with Gasteiger partial charge in [0.25, 0.3) is 0 Å². The summed E-state index contributed by atoms with van der Waals surface area (Å²) in [5.41, 5.74) is 0. The van der Waals surface area contributed by atoms with Crippen molar-refractivity contribution in [1.82, 2.24) is 5.32 Å². The van der Waals surface area contributed by atoms with Crippen LogP contribution in [0.15, 0.2) is 0 Å². The summed E-state index contributed by atoms with van der Waals surface area (Å²) < 4.78 is 0. The second kappa shape index (κ2) is 4.45. The molecule has 2 aliphatic rings. The van der Waals surface area contributed by atoms with Gasteiger partial charge in [0.05, 0.1) is 0 Å². The van der Waals surface area contributed by atoms with Crippen LogP contribution < -0.4 is 5.32 Å². The molecule has 2 rings (SSSR count). The van der Waals surface area contributed by atoms with Crippen LogP contribution in [-0.4, -0.2) is 12.6 Å². The highest BCUT2D eigenvalue weighted by Crippen LogP contribution is 2.34. The van der Waals surface area contributed by atoms with E-state index in [0.29, 0.717) is 0 Å². The normalized spacial score (nSPS) is 24.7. The van der Waals surface area contributed by atoms with Crippen LogP contribution in [0.1, 0.15) is 51.9 Å². The average molecular weight is 181 g/mol. The van der Waals surface area contributed by atoms with Gasteiger partial charge >= 0.3 is 0 Å². The lowest BCUT2D eigenvalue weighted by Gasteiger charge is -2.12. The third-order valence-corrected chi connectivity index (χ3v) is 3.36. The predicted molar refractivity (Wildman–Crippen MR) is 56.8 cm³/mol. The van der Waals surface area contributed by atoms with Crippen molar-refractivity contribution in [2.45, 2.75) is 57.9 Å².